The van der Waals surface area contributed by atoms with Gasteiger partial charge in [0.15, 0.2) is 0 Å². The van der Waals surface area contributed by atoms with E-state index in [2.05, 4.69) is 15.6 Å². The maximum atomic E-state index is 12.2. The van der Waals surface area contributed by atoms with E-state index >= 15 is 0 Å². The first kappa shape index (κ1) is 17.5. The van der Waals surface area contributed by atoms with Crippen LogP contribution in [-0.4, -0.2) is 38.6 Å². The van der Waals surface area contributed by atoms with Gasteiger partial charge in [0.05, 0.1) is 19.3 Å². The average Bonchev–Trinajstić information content (AvgIpc) is 2.97. The van der Waals surface area contributed by atoms with Crippen LogP contribution in [0.1, 0.15) is 29.9 Å². The number of aliphatic carboxylic acids is 1. The summed E-state index contributed by atoms with van der Waals surface area (Å²) in [5.74, 6) is -0.230. The van der Waals surface area contributed by atoms with Crippen LogP contribution in [0.15, 0.2) is 30.5 Å². The Balaban J connectivity index is 1.91. The smallest absolute Gasteiger partial charge is 0.325 e. The van der Waals surface area contributed by atoms with Crippen molar-refractivity contribution in [3.63, 3.8) is 0 Å². The van der Waals surface area contributed by atoms with Crippen molar-refractivity contribution in [2.45, 2.75) is 26.9 Å². The third-order valence-corrected chi connectivity index (χ3v) is 2.99. The van der Waals surface area contributed by atoms with E-state index in [-0.39, 0.29) is 19.0 Å². The van der Waals surface area contributed by atoms with Gasteiger partial charge in [-0.3, -0.25) is 9.59 Å². The van der Waals surface area contributed by atoms with Crippen molar-refractivity contribution in [2.24, 2.45) is 5.92 Å². The number of ether oxygens (including phenoxy) is 1. The van der Waals surface area contributed by atoms with E-state index in [1.165, 1.54) is 10.9 Å². The van der Waals surface area contributed by atoms with Crippen molar-refractivity contribution in [1.29, 1.82) is 0 Å². The maximum absolute atomic E-state index is 12.2. The van der Waals surface area contributed by atoms with Gasteiger partial charge < -0.3 is 15.2 Å². The first-order chi connectivity index (χ1) is 11.4. The van der Waals surface area contributed by atoms with Gasteiger partial charge in [-0.2, -0.15) is 0 Å². The highest BCUT2D eigenvalue weighted by Crippen LogP contribution is 2.14. The Kier molecular flexibility index (Phi) is 5.89. The number of carbonyl (C=O) groups is 2. The largest absolute Gasteiger partial charge is 0.493 e. The number of benzene rings is 1. The van der Waals surface area contributed by atoms with Gasteiger partial charge in [-0.25, -0.2) is 4.68 Å². The monoisotopic (exact) mass is 332 g/mol. The predicted octanol–water partition coefficient (Wildman–Crippen LogP) is 1.33. The summed E-state index contributed by atoms with van der Waals surface area (Å²) < 4.78 is 6.80. The molecule has 1 aromatic carbocycles. The van der Waals surface area contributed by atoms with Gasteiger partial charge in [-0.15, -0.1) is 5.10 Å². The molecule has 0 unspecified atom stereocenters. The molecule has 8 heteroatoms. The van der Waals surface area contributed by atoms with Crippen molar-refractivity contribution >= 4 is 11.9 Å². The summed E-state index contributed by atoms with van der Waals surface area (Å²) in [6.45, 7) is 4.58. The minimum atomic E-state index is -1.01. The Hall–Kier alpha value is -2.90. The molecule has 0 aliphatic rings. The van der Waals surface area contributed by atoms with Crippen LogP contribution in [-0.2, 0) is 17.9 Å². The fourth-order valence-electron chi connectivity index (χ4n) is 1.90. The van der Waals surface area contributed by atoms with Crippen molar-refractivity contribution in [2.75, 3.05) is 6.61 Å². The number of nitrogens with zero attached hydrogens (tertiary/aromatic N) is 3. The number of carboxylic acids is 1. The Morgan fingerprint density at radius 3 is 2.88 bits per heavy atom. The Morgan fingerprint density at radius 1 is 1.38 bits per heavy atom. The SMILES string of the molecule is CC(C)COc1cccc(C(=O)NCc2cn(CC(=O)O)nn2)c1. The van der Waals surface area contributed by atoms with Crippen molar-refractivity contribution in [1.82, 2.24) is 20.3 Å². The molecule has 0 aliphatic carbocycles. The lowest BCUT2D eigenvalue weighted by Crippen LogP contribution is -2.23. The fraction of sp³-hybridized carbons (Fsp3) is 0.375. The number of carbonyl (C=O) groups excluding carboxylic acids is 1. The quantitative estimate of drug-likeness (QED) is 0.755. The molecule has 0 radical (unpaired) electrons. The zero-order valence-corrected chi connectivity index (χ0v) is 13.6. The molecule has 0 aliphatic heterocycles. The summed E-state index contributed by atoms with van der Waals surface area (Å²) in [4.78, 5) is 22.8. The second kappa shape index (κ2) is 8.09. The third kappa shape index (κ3) is 5.38. The molecule has 0 saturated heterocycles. The lowest BCUT2D eigenvalue weighted by molar-refractivity contribution is -0.137. The van der Waals surface area contributed by atoms with E-state index < -0.39 is 5.97 Å². The average molecular weight is 332 g/mol. The topological polar surface area (TPSA) is 106 Å². The molecule has 128 valence electrons. The van der Waals surface area contributed by atoms with Crippen LogP contribution in [0.25, 0.3) is 0 Å². The third-order valence-electron chi connectivity index (χ3n) is 2.99. The molecule has 0 fully saturated rings. The van der Waals surface area contributed by atoms with Gasteiger partial charge in [0.2, 0.25) is 0 Å². The zero-order valence-electron chi connectivity index (χ0n) is 13.6. The highest BCUT2D eigenvalue weighted by molar-refractivity contribution is 5.94. The summed E-state index contributed by atoms with van der Waals surface area (Å²) in [5.41, 5.74) is 0.964. The number of aromatic nitrogens is 3. The number of nitrogens with one attached hydrogen (secondary N) is 1. The predicted molar refractivity (Wildman–Crippen MR) is 85.6 cm³/mol. The number of amides is 1. The number of hydrogen-bond acceptors (Lipinski definition) is 5. The highest BCUT2D eigenvalue weighted by Gasteiger charge is 2.09. The van der Waals surface area contributed by atoms with Crippen LogP contribution >= 0.6 is 0 Å². The first-order valence-electron chi connectivity index (χ1n) is 7.56. The molecule has 2 rings (SSSR count). The van der Waals surface area contributed by atoms with Crippen LogP contribution in [0.4, 0.5) is 0 Å². The molecule has 24 heavy (non-hydrogen) atoms. The molecule has 8 nitrogen and oxygen atoms in total. The molecule has 0 atom stereocenters. The fourth-order valence-corrected chi connectivity index (χ4v) is 1.90. The minimum absolute atomic E-state index is 0.162. The molecule has 0 bridgehead atoms. The van der Waals surface area contributed by atoms with Gasteiger partial charge in [-0.05, 0) is 24.1 Å². The second-order valence-corrected chi connectivity index (χ2v) is 5.72. The summed E-state index contributed by atoms with van der Waals surface area (Å²) in [6.07, 6.45) is 1.48. The summed E-state index contributed by atoms with van der Waals surface area (Å²) in [5, 5.41) is 18.9. The summed E-state index contributed by atoms with van der Waals surface area (Å²) in [7, 11) is 0. The van der Waals surface area contributed by atoms with Crippen LogP contribution in [0, 0.1) is 5.92 Å². The lowest BCUT2D eigenvalue weighted by Gasteiger charge is -2.10. The van der Waals surface area contributed by atoms with Crippen LogP contribution in [0.3, 0.4) is 0 Å². The standard InChI is InChI=1S/C16H20N4O4/c1-11(2)10-24-14-5-3-4-12(6-14)16(23)17-7-13-8-20(19-18-13)9-15(21)22/h3-6,8,11H,7,9-10H2,1-2H3,(H,17,23)(H,21,22). The van der Waals surface area contributed by atoms with E-state index in [4.69, 9.17) is 9.84 Å². The normalized spacial score (nSPS) is 10.6. The molecule has 0 saturated carbocycles. The van der Waals surface area contributed by atoms with E-state index in [0.29, 0.717) is 29.5 Å². The van der Waals surface area contributed by atoms with Gasteiger partial charge in [0.25, 0.3) is 5.91 Å². The molecule has 0 spiro atoms. The van der Waals surface area contributed by atoms with E-state index in [1.807, 2.05) is 13.8 Å². The van der Waals surface area contributed by atoms with Crippen LogP contribution < -0.4 is 10.1 Å². The van der Waals surface area contributed by atoms with Gasteiger partial charge >= 0.3 is 5.97 Å². The Bertz CT molecular complexity index is 712. The Morgan fingerprint density at radius 2 is 2.17 bits per heavy atom. The number of hydrogen-bond donors (Lipinski definition) is 2. The molecule has 2 aromatic rings. The second-order valence-electron chi connectivity index (χ2n) is 5.72. The molecule has 1 aromatic heterocycles. The van der Waals surface area contributed by atoms with E-state index in [0.717, 1.165) is 0 Å². The van der Waals surface area contributed by atoms with Crippen LogP contribution in [0.2, 0.25) is 0 Å². The van der Waals surface area contributed by atoms with E-state index in [1.54, 1.807) is 24.3 Å². The van der Waals surface area contributed by atoms with Crippen molar-refractivity contribution < 1.29 is 19.4 Å². The molecule has 1 heterocycles. The van der Waals surface area contributed by atoms with Gasteiger partial charge in [-0.1, -0.05) is 25.1 Å². The minimum Gasteiger partial charge on any atom is -0.493 e. The van der Waals surface area contributed by atoms with E-state index in [9.17, 15) is 9.59 Å². The Labute approximate surface area is 139 Å². The van der Waals surface area contributed by atoms with Gasteiger partial charge in [0, 0.05) is 5.56 Å². The lowest BCUT2D eigenvalue weighted by atomic mass is 10.2. The molecular formula is C16H20N4O4. The van der Waals surface area contributed by atoms with Crippen molar-refractivity contribution in [3.8, 4) is 5.75 Å². The number of carboxylic acid groups (broad SMARTS) is 1. The highest BCUT2D eigenvalue weighted by atomic mass is 16.5. The number of rotatable bonds is 8. The summed E-state index contributed by atoms with van der Waals surface area (Å²) in [6, 6.07) is 6.93. The molecule has 2 N–H and O–H groups in total. The van der Waals surface area contributed by atoms with Gasteiger partial charge in [0.1, 0.15) is 18.0 Å². The summed E-state index contributed by atoms with van der Waals surface area (Å²) >= 11 is 0. The molecule has 1 amide bonds. The maximum Gasteiger partial charge on any atom is 0.325 e. The first-order valence-corrected chi connectivity index (χ1v) is 7.56. The zero-order chi connectivity index (χ0) is 17.5. The van der Waals surface area contributed by atoms with Crippen molar-refractivity contribution in [3.05, 3.63) is 41.7 Å². The van der Waals surface area contributed by atoms with Crippen LogP contribution in [0.5, 0.6) is 5.75 Å². The molecular weight excluding hydrogens is 312 g/mol.